The average Bonchev–Trinajstić information content (AvgIpc) is 2.79. The molecule has 0 radical (unpaired) electrons. The van der Waals surface area contributed by atoms with Crippen LogP contribution in [0.25, 0.3) is 0 Å². The summed E-state index contributed by atoms with van der Waals surface area (Å²) in [6, 6.07) is 4.06. The van der Waals surface area contributed by atoms with Gasteiger partial charge in [-0.3, -0.25) is 0 Å². The molecule has 0 amide bonds. The van der Waals surface area contributed by atoms with Gasteiger partial charge in [-0.1, -0.05) is 11.6 Å². The van der Waals surface area contributed by atoms with Crippen molar-refractivity contribution in [3.63, 3.8) is 0 Å². The van der Waals surface area contributed by atoms with Crippen molar-refractivity contribution < 1.29 is 0 Å². The summed E-state index contributed by atoms with van der Waals surface area (Å²) in [4.78, 5) is 5.37. The first-order valence-corrected chi connectivity index (χ1v) is 5.86. The SMILES string of the molecule is Cc1nccn1C(CN)c1ccc(Cl)s1. The molecule has 0 bridgehead atoms. The summed E-state index contributed by atoms with van der Waals surface area (Å²) in [5, 5.41) is 0. The molecule has 0 saturated heterocycles. The van der Waals surface area contributed by atoms with Gasteiger partial charge in [-0.05, 0) is 19.1 Å². The van der Waals surface area contributed by atoms with Crippen LogP contribution in [-0.4, -0.2) is 16.1 Å². The highest BCUT2D eigenvalue weighted by Gasteiger charge is 2.15. The highest BCUT2D eigenvalue weighted by atomic mass is 35.5. The lowest BCUT2D eigenvalue weighted by Crippen LogP contribution is -2.19. The van der Waals surface area contributed by atoms with Gasteiger partial charge in [0.2, 0.25) is 0 Å². The van der Waals surface area contributed by atoms with Crippen LogP contribution in [0.1, 0.15) is 16.7 Å². The highest BCUT2D eigenvalue weighted by molar-refractivity contribution is 7.16. The third-order valence-electron chi connectivity index (χ3n) is 2.34. The molecular weight excluding hydrogens is 230 g/mol. The second-order valence-corrected chi connectivity index (χ2v) is 5.02. The van der Waals surface area contributed by atoms with Crippen LogP contribution in [0.15, 0.2) is 24.5 Å². The maximum absolute atomic E-state index is 5.92. The highest BCUT2D eigenvalue weighted by Crippen LogP contribution is 2.29. The number of aromatic nitrogens is 2. The lowest BCUT2D eigenvalue weighted by Gasteiger charge is -2.16. The summed E-state index contributed by atoms with van der Waals surface area (Å²) < 4.78 is 2.86. The van der Waals surface area contributed by atoms with Gasteiger partial charge in [-0.2, -0.15) is 0 Å². The van der Waals surface area contributed by atoms with E-state index in [9.17, 15) is 0 Å². The van der Waals surface area contributed by atoms with E-state index in [4.69, 9.17) is 17.3 Å². The molecule has 0 aliphatic carbocycles. The Hall–Kier alpha value is -0.840. The number of aryl methyl sites for hydroxylation is 1. The first-order chi connectivity index (χ1) is 7.22. The van der Waals surface area contributed by atoms with Crippen LogP contribution in [-0.2, 0) is 0 Å². The van der Waals surface area contributed by atoms with E-state index in [1.165, 1.54) is 4.88 Å². The van der Waals surface area contributed by atoms with Crippen LogP contribution in [0.3, 0.4) is 0 Å². The Morgan fingerprint density at radius 3 is 2.87 bits per heavy atom. The van der Waals surface area contributed by atoms with Crippen LogP contribution in [0, 0.1) is 6.92 Å². The number of thiophene rings is 1. The molecule has 3 nitrogen and oxygen atoms in total. The fraction of sp³-hybridized carbons (Fsp3) is 0.300. The zero-order chi connectivity index (χ0) is 10.8. The molecule has 80 valence electrons. The molecule has 0 aliphatic heterocycles. The van der Waals surface area contributed by atoms with Crippen LogP contribution in [0.4, 0.5) is 0 Å². The van der Waals surface area contributed by atoms with E-state index >= 15 is 0 Å². The van der Waals surface area contributed by atoms with E-state index in [1.54, 1.807) is 17.5 Å². The van der Waals surface area contributed by atoms with E-state index < -0.39 is 0 Å². The topological polar surface area (TPSA) is 43.8 Å². The summed E-state index contributed by atoms with van der Waals surface area (Å²) in [6.07, 6.45) is 3.73. The number of nitrogens with zero attached hydrogens (tertiary/aromatic N) is 2. The molecule has 5 heteroatoms. The fourth-order valence-electron chi connectivity index (χ4n) is 1.59. The van der Waals surface area contributed by atoms with E-state index in [0.29, 0.717) is 6.54 Å². The van der Waals surface area contributed by atoms with E-state index in [1.807, 2.05) is 25.3 Å². The molecule has 2 aromatic heterocycles. The number of imidazole rings is 1. The maximum Gasteiger partial charge on any atom is 0.106 e. The third kappa shape index (κ3) is 2.07. The van der Waals surface area contributed by atoms with Crippen molar-refractivity contribution in [1.29, 1.82) is 0 Å². The fourth-order valence-corrected chi connectivity index (χ4v) is 2.76. The maximum atomic E-state index is 5.92. The second kappa shape index (κ2) is 4.35. The van der Waals surface area contributed by atoms with Crippen molar-refractivity contribution in [3.05, 3.63) is 39.6 Å². The van der Waals surface area contributed by atoms with Gasteiger partial charge in [0, 0.05) is 23.8 Å². The Kier molecular flexibility index (Phi) is 3.09. The van der Waals surface area contributed by atoms with Gasteiger partial charge in [-0.25, -0.2) is 4.98 Å². The third-order valence-corrected chi connectivity index (χ3v) is 3.68. The smallest absolute Gasteiger partial charge is 0.106 e. The molecule has 2 N–H and O–H groups in total. The molecule has 2 rings (SSSR count). The van der Waals surface area contributed by atoms with Crippen molar-refractivity contribution in [2.24, 2.45) is 5.73 Å². The molecule has 1 atom stereocenters. The van der Waals surface area contributed by atoms with Gasteiger partial charge >= 0.3 is 0 Å². The summed E-state index contributed by atoms with van der Waals surface area (Å²) in [7, 11) is 0. The number of hydrogen-bond donors (Lipinski definition) is 1. The molecule has 0 spiro atoms. The lowest BCUT2D eigenvalue weighted by atomic mass is 10.2. The van der Waals surface area contributed by atoms with Gasteiger partial charge in [0.05, 0.1) is 10.4 Å². The Morgan fingerprint density at radius 2 is 2.40 bits per heavy atom. The Labute approximate surface area is 97.5 Å². The molecule has 2 aromatic rings. The first-order valence-electron chi connectivity index (χ1n) is 4.67. The molecule has 0 aliphatic rings. The van der Waals surface area contributed by atoms with Crippen molar-refractivity contribution >= 4 is 22.9 Å². The first kappa shape index (κ1) is 10.7. The molecule has 0 saturated carbocycles. The quantitative estimate of drug-likeness (QED) is 0.897. The van der Waals surface area contributed by atoms with Gasteiger partial charge in [0.15, 0.2) is 0 Å². The van der Waals surface area contributed by atoms with Crippen molar-refractivity contribution in [2.45, 2.75) is 13.0 Å². The van der Waals surface area contributed by atoms with E-state index in [0.717, 1.165) is 10.2 Å². The molecule has 0 aromatic carbocycles. The lowest BCUT2D eigenvalue weighted by molar-refractivity contribution is 0.587. The molecular formula is C10H12ClN3S. The largest absolute Gasteiger partial charge is 0.328 e. The van der Waals surface area contributed by atoms with Crippen LogP contribution < -0.4 is 5.73 Å². The average molecular weight is 242 g/mol. The zero-order valence-electron chi connectivity index (χ0n) is 8.35. The normalized spacial score (nSPS) is 13.0. The Morgan fingerprint density at radius 1 is 1.60 bits per heavy atom. The molecule has 2 heterocycles. The van der Waals surface area contributed by atoms with Crippen molar-refractivity contribution in [1.82, 2.24) is 9.55 Å². The number of rotatable bonds is 3. The molecule has 15 heavy (non-hydrogen) atoms. The summed E-state index contributed by atoms with van der Waals surface area (Å²) >= 11 is 7.48. The van der Waals surface area contributed by atoms with E-state index in [-0.39, 0.29) is 6.04 Å². The Balaban J connectivity index is 2.36. The summed E-state index contributed by atoms with van der Waals surface area (Å²) in [5.74, 6) is 0.968. The van der Waals surface area contributed by atoms with Crippen LogP contribution in [0.5, 0.6) is 0 Å². The number of hydrogen-bond acceptors (Lipinski definition) is 3. The van der Waals surface area contributed by atoms with Gasteiger partial charge in [0.1, 0.15) is 5.82 Å². The monoisotopic (exact) mass is 241 g/mol. The van der Waals surface area contributed by atoms with Gasteiger partial charge < -0.3 is 10.3 Å². The van der Waals surface area contributed by atoms with Gasteiger partial charge in [0.25, 0.3) is 0 Å². The predicted molar refractivity (Wildman–Crippen MR) is 63.5 cm³/mol. The van der Waals surface area contributed by atoms with Crippen molar-refractivity contribution in [3.8, 4) is 0 Å². The minimum Gasteiger partial charge on any atom is -0.328 e. The Bertz CT molecular complexity index is 449. The minimum absolute atomic E-state index is 0.144. The second-order valence-electron chi connectivity index (χ2n) is 3.28. The molecule has 1 unspecified atom stereocenters. The standard InChI is InChI=1S/C10H12ClN3S/c1-7-13-4-5-14(7)8(6-12)9-2-3-10(11)15-9/h2-5,8H,6,12H2,1H3. The zero-order valence-corrected chi connectivity index (χ0v) is 9.92. The van der Waals surface area contributed by atoms with E-state index in [2.05, 4.69) is 9.55 Å². The van der Waals surface area contributed by atoms with Gasteiger partial charge in [-0.15, -0.1) is 11.3 Å². The predicted octanol–water partition coefficient (Wildman–Crippen LogP) is 2.45. The summed E-state index contributed by atoms with van der Waals surface area (Å²) in [5.41, 5.74) is 5.79. The van der Waals surface area contributed by atoms with Crippen LogP contribution in [0.2, 0.25) is 4.34 Å². The van der Waals surface area contributed by atoms with Crippen LogP contribution >= 0.6 is 22.9 Å². The van der Waals surface area contributed by atoms with Crippen molar-refractivity contribution in [2.75, 3.05) is 6.54 Å². The summed E-state index contributed by atoms with van der Waals surface area (Å²) in [6.45, 7) is 2.52. The minimum atomic E-state index is 0.144. The molecule has 0 fully saturated rings. The number of halogens is 1. The number of nitrogens with two attached hydrogens (primary N) is 1.